The van der Waals surface area contributed by atoms with E-state index < -0.39 is 18.0 Å². The molecule has 33 heavy (non-hydrogen) atoms. The number of carbonyl (C=O) groups excluding carboxylic acids is 2. The Hall–Kier alpha value is -3.08. The third kappa shape index (κ3) is 5.13. The van der Waals surface area contributed by atoms with Gasteiger partial charge in [0.15, 0.2) is 6.10 Å². The second-order valence-electron chi connectivity index (χ2n) is 7.68. The van der Waals surface area contributed by atoms with E-state index in [9.17, 15) is 19.5 Å². The largest absolute Gasteiger partial charge is 0.481 e. The molecule has 2 aromatic rings. The van der Waals surface area contributed by atoms with Gasteiger partial charge in [-0.05, 0) is 43.2 Å². The van der Waals surface area contributed by atoms with Gasteiger partial charge < -0.3 is 15.5 Å². The first-order chi connectivity index (χ1) is 15.8. The van der Waals surface area contributed by atoms with Gasteiger partial charge in [-0.15, -0.1) is 0 Å². The van der Waals surface area contributed by atoms with E-state index in [-0.39, 0.29) is 12.3 Å². The van der Waals surface area contributed by atoms with Crippen LogP contribution in [0.1, 0.15) is 43.0 Å². The van der Waals surface area contributed by atoms with Gasteiger partial charge in [-0.1, -0.05) is 42.5 Å². The van der Waals surface area contributed by atoms with Crippen LogP contribution in [0, 0.1) is 0 Å². The van der Waals surface area contributed by atoms with Crippen LogP contribution in [0.5, 0.6) is 0 Å². The summed E-state index contributed by atoms with van der Waals surface area (Å²) >= 11 is 6.57. The Morgan fingerprint density at radius 2 is 2.03 bits per heavy atom. The van der Waals surface area contributed by atoms with Crippen molar-refractivity contribution in [3.63, 3.8) is 0 Å². The Morgan fingerprint density at radius 1 is 1.21 bits per heavy atom. The highest BCUT2D eigenvalue weighted by Crippen LogP contribution is 2.35. The first kappa shape index (κ1) is 23.1. The number of unbranched alkanes of at least 4 members (excludes halogenated alkanes) is 2. The molecular weight excluding hydrogens is 462 g/mol. The fraction of sp³-hybridized carbons (Fsp3) is 0.261. The Kier molecular flexibility index (Phi) is 6.87. The van der Waals surface area contributed by atoms with Crippen LogP contribution in [-0.4, -0.2) is 48.7 Å². The molecule has 4 rings (SSSR count). The molecule has 0 bridgehead atoms. The normalized spacial score (nSPS) is 18.7. The van der Waals surface area contributed by atoms with Crippen LogP contribution < -0.4 is 5.32 Å². The van der Waals surface area contributed by atoms with Crippen molar-refractivity contribution in [1.82, 2.24) is 9.88 Å². The first-order valence-corrected chi connectivity index (χ1v) is 11.6. The summed E-state index contributed by atoms with van der Waals surface area (Å²) in [6.07, 6.45) is 2.58. The van der Waals surface area contributed by atoms with Gasteiger partial charge in [-0.3, -0.25) is 19.3 Å². The molecule has 1 saturated heterocycles. The number of hydrogen-bond donors (Lipinski definition) is 3. The smallest absolute Gasteiger partial charge is 0.303 e. The highest BCUT2D eigenvalue weighted by atomic mass is 32.2. The molecule has 2 aliphatic rings. The lowest BCUT2D eigenvalue weighted by Crippen LogP contribution is -2.29. The number of benzene rings is 1. The zero-order valence-corrected chi connectivity index (χ0v) is 19.1. The van der Waals surface area contributed by atoms with Gasteiger partial charge in [0.1, 0.15) is 4.32 Å². The number of aromatic nitrogens is 1. The Bertz CT molecular complexity index is 1180. The van der Waals surface area contributed by atoms with Gasteiger partial charge in [0, 0.05) is 29.8 Å². The number of thioether (sulfide) groups is 1. The maximum atomic E-state index is 12.8. The zero-order valence-electron chi connectivity index (χ0n) is 17.5. The molecule has 0 saturated carbocycles. The summed E-state index contributed by atoms with van der Waals surface area (Å²) in [5.74, 6) is -1.45. The number of carboxylic acids is 1. The third-order valence-corrected chi connectivity index (χ3v) is 6.72. The van der Waals surface area contributed by atoms with Gasteiger partial charge in [0.25, 0.3) is 11.8 Å². The van der Waals surface area contributed by atoms with E-state index in [1.807, 2.05) is 18.2 Å². The van der Waals surface area contributed by atoms with E-state index in [1.165, 1.54) is 11.8 Å². The van der Waals surface area contributed by atoms with E-state index >= 15 is 0 Å². The number of pyridine rings is 1. The standard InChI is InChI=1S/C23H21N3O5S2/c27-19(28)7-2-1-3-10-26-22(31)18(33-23(26)32)12-14-5-4-6-16(24-14)13-8-9-17-15(11-13)20(29)21(30)25-17/h4-6,8-9,11-12,20,29H,1-3,7,10H2,(H,25,30)(H,27,28)/b18-12-. The molecular formula is C23H21N3O5S2. The van der Waals surface area contributed by atoms with Crippen LogP contribution in [0.25, 0.3) is 17.3 Å². The fourth-order valence-electron chi connectivity index (χ4n) is 3.65. The summed E-state index contributed by atoms with van der Waals surface area (Å²) < 4.78 is 0.477. The lowest BCUT2D eigenvalue weighted by molar-refractivity contribution is -0.137. The maximum Gasteiger partial charge on any atom is 0.303 e. The van der Waals surface area contributed by atoms with Gasteiger partial charge in [-0.2, -0.15) is 0 Å². The first-order valence-electron chi connectivity index (χ1n) is 10.4. The van der Waals surface area contributed by atoms with Gasteiger partial charge in [0.05, 0.1) is 16.3 Å². The molecule has 0 aliphatic carbocycles. The number of carbonyl (C=O) groups is 3. The molecule has 1 aromatic carbocycles. The summed E-state index contributed by atoms with van der Waals surface area (Å²) in [5, 5.41) is 21.4. The predicted octanol–water partition coefficient (Wildman–Crippen LogP) is 3.58. The summed E-state index contributed by atoms with van der Waals surface area (Å²) in [5.41, 5.74) is 3.07. The highest BCUT2D eigenvalue weighted by molar-refractivity contribution is 8.26. The number of aliphatic hydroxyl groups is 1. The van der Waals surface area contributed by atoms with Crippen molar-refractivity contribution in [3.8, 4) is 11.3 Å². The van der Waals surface area contributed by atoms with Crippen molar-refractivity contribution in [2.75, 3.05) is 11.9 Å². The molecule has 3 N–H and O–H groups in total. The third-order valence-electron chi connectivity index (χ3n) is 5.34. The lowest BCUT2D eigenvalue weighted by Gasteiger charge is -2.13. The molecule has 0 spiro atoms. The maximum absolute atomic E-state index is 12.8. The van der Waals surface area contributed by atoms with E-state index in [4.69, 9.17) is 17.3 Å². The zero-order chi connectivity index (χ0) is 23.5. The van der Waals surface area contributed by atoms with Crippen molar-refractivity contribution in [2.24, 2.45) is 0 Å². The van der Waals surface area contributed by atoms with Crippen molar-refractivity contribution >= 4 is 57.8 Å². The lowest BCUT2D eigenvalue weighted by atomic mass is 10.0. The summed E-state index contributed by atoms with van der Waals surface area (Å²) in [4.78, 5) is 41.7. The topological polar surface area (TPSA) is 120 Å². The number of aliphatic carboxylic acids is 1. The van der Waals surface area contributed by atoms with Crippen LogP contribution in [0.15, 0.2) is 41.3 Å². The molecule has 2 aliphatic heterocycles. The molecule has 1 aromatic heterocycles. The van der Waals surface area contributed by atoms with Crippen LogP contribution in [0.4, 0.5) is 5.69 Å². The molecule has 0 radical (unpaired) electrons. The van der Waals surface area contributed by atoms with E-state index in [2.05, 4.69) is 10.3 Å². The second-order valence-corrected chi connectivity index (χ2v) is 9.36. The van der Waals surface area contributed by atoms with Crippen LogP contribution >= 0.6 is 24.0 Å². The molecule has 1 fully saturated rings. The number of nitrogens with zero attached hydrogens (tertiary/aromatic N) is 2. The average molecular weight is 484 g/mol. The fourth-order valence-corrected chi connectivity index (χ4v) is 4.94. The second kappa shape index (κ2) is 9.82. The van der Waals surface area contributed by atoms with Crippen LogP contribution in [0.3, 0.4) is 0 Å². The molecule has 170 valence electrons. The van der Waals surface area contributed by atoms with Crippen LogP contribution in [-0.2, 0) is 14.4 Å². The minimum absolute atomic E-state index is 0.121. The van der Waals surface area contributed by atoms with E-state index in [0.717, 1.165) is 5.56 Å². The SMILES string of the molecule is O=C(O)CCCCCN1C(=O)/C(=C/c2cccc(-c3ccc4c(c3)C(O)C(=O)N4)n2)SC1=S. The minimum atomic E-state index is -1.20. The number of nitrogens with one attached hydrogen (secondary N) is 1. The molecule has 1 unspecified atom stereocenters. The number of rotatable bonds is 8. The average Bonchev–Trinajstić information content (AvgIpc) is 3.22. The number of fused-ring (bicyclic) bond motifs is 1. The van der Waals surface area contributed by atoms with Crippen molar-refractivity contribution < 1.29 is 24.6 Å². The van der Waals surface area contributed by atoms with Crippen LogP contribution in [0.2, 0.25) is 0 Å². The Morgan fingerprint density at radius 3 is 2.82 bits per heavy atom. The number of aliphatic hydroxyl groups excluding tert-OH is 1. The monoisotopic (exact) mass is 483 g/mol. The summed E-state index contributed by atoms with van der Waals surface area (Å²) in [6.45, 7) is 0.458. The molecule has 8 nitrogen and oxygen atoms in total. The van der Waals surface area contributed by atoms with Gasteiger partial charge >= 0.3 is 5.97 Å². The minimum Gasteiger partial charge on any atom is -0.481 e. The number of thiocarbonyl (C=S) groups is 1. The Balaban J connectivity index is 1.46. The van der Waals surface area contributed by atoms with Crippen molar-refractivity contribution in [1.29, 1.82) is 0 Å². The number of anilines is 1. The molecule has 3 heterocycles. The molecule has 10 heteroatoms. The quantitative estimate of drug-likeness (QED) is 0.296. The van der Waals surface area contributed by atoms with Crippen molar-refractivity contribution in [2.45, 2.75) is 31.8 Å². The van der Waals surface area contributed by atoms with Gasteiger partial charge in [-0.25, -0.2) is 4.98 Å². The highest BCUT2D eigenvalue weighted by Gasteiger charge is 2.32. The number of hydrogen-bond acceptors (Lipinski definition) is 7. The predicted molar refractivity (Wildman–Crippen MR) is 129 cm³/mol. The Labute approximate surface area is 199 Å². The van der Waals surface area contributed by atoms with E-state index in [1.54, 1.807) is 29.2 Å². The molecule has 2 amide bonds. The summed E-state index contributed by atoms with van der Waals surface area (Å²) in [7, 11) is 0. The van der Waals surface area contributed by atoms with Gasteiger partial charge in [0.2, 0.25) is 0 Å². The van der Waals surface area contributed by atoms with Crippen molar-refractivity contribution in [3.05, 3.63) is 52.6 Å². The summed E-state index contributed by atoms with van der Waals surface area (Å²) in [6, 6.07) is 10.7. The number of amides is 2. The number of carboxylic acid groups (broad SMARTS) is 1. The van der Waals surface area contributed by atoms with E-state index in [0.29, 0.717) is 57.7 Å². The molecule has 1 atom stereocenters.